The molecule has 3 aromatic carbocycles. The molecule has 0 aromatic heterocycles. The Kier molecular flexibility index (Phi) is 6.09. The fourth-order valence-corrected chi connectivity index (χ4v) is 3.35. The molecular weight excluding hydrogens is 370 g/mol. The van der Waals surface area contributed by atoms with E-state index >= 15 is 0 Å². The molecule has 0 saturated carbocycles. The number of anilines is 1. The number of ether oxygens (including phenoxy) is 1. The molecule has 1 unspecified atom stereocenters. The number of nitrogens with zero attached hydrogens (tertiary/aromatic N) is 1. The second-order valence-corrected chi connectivity index (χ2v) is 7.13. The topological polar surface area (TPSA) is 85.9 Å². The van der Waals surface area contributed by atoms with E-state index in [9.17, 15) is 14.9 Å². The van der Waals surface area contributed by atoms with Gasteiger partial charge in [-0.05, 0) is 41.5 Å². The first-order valence-electron chi connectivity index (χ1n) is 9.29. The molecule has 0 spiro atoms. The van der Waals surface area contributed by atoms with Gasteiger partial charge >= 0.3 is 0 Å². The van der Waals surface area contributed by atoms with Crippen LogP contribution in [0.15, 0.2) is 54.6 Å². The van der Waals surface area contributed by atoms with Gasteiger partial charge in [0.15, 0.2) is 6.54 Å². The van der Waals surface area contributed by atoms with E-state index < -0.39 is 4.92 Å². The Labute approximate surface area is 169 Å². The number of nitro benzene ring substituents is 1. The van der Waals surface area contributed by atoms with Crippen LogP contribution in [0.3, 0.4) is 0 Å². The Bertz CT molecular complexity index is 1070. The second kappa shape index (κ2) is 8.70. The van der Waals surface area contributed by atoms with Crippen LogP contribution in [-0.4, -0.2) is 31.5 Å². The molecule has 3 rings (SSSR count). The summed E-state index contributed by atoms with van der Waals surface area (Å²) in [6.45, 7) is 2.60. The average Bonchev–Trinajstić information content (AvgIpc) is 2.68. The number of methoxy groups -OCH3 is 1. The highest BCUT2D eigenvalue weighted by molar-refractivity contribution is 5.94. The van der Waals surface area contributed by atoms with E-state index in [4.69, 9.17) is 4.74 Å². The van der Waals surface area contributed by atoms with Gasteiger partial charge in [-0.3, -0.25) is 14.9 Å². The minimum atomic E-state index is -0.483. The quantitative estimate of drug-likeness (QED) is 0.477. The van der Waals surface area contributed by atoms with Crippen molar-refractivity contribution in [3.8, 4) is 5.75 Å². The SMILES string of the molecule is COc1ccc2cc(C[NH+](C)CC(=O)Nc3c(C)cccc3[N+](=O)[O-])ccc2c1. The maximum Gasteiger partial charge on any atom is 0.293 e. The number of nitro groups is 1. The maximum absolute atomic E-state index is 12.5. The molecule has 0 bridgehead atoms. The van der Waals surface area contributed by atoms with Crippen LogP contribution in [-0.2, 0) is 11.3 Å². The first kappa shape index (κ1) is 20.3. The number of hydrogen-bond acceptors (Lipinski definition) is 4. The van der Waals surface area contributed by atoms with Crippen LogP contribution in [0.25, 0.3) is 10.8 Å². The van der Waals surface area contributed by atoms with Gasteiger partial charge in [-0.1, -0.05) is 30.3 Å². The average molecular weight is 394 g/mol. The van der Waals surface area contributed by atoms with E-state index in [0.29, 0.717) is 12.1 Å². The van der Waals surface area contributed by atoms with Crippen molar-refractivity contribution in [1.82, 2.24) is 0 Å². The van der Waals surface area contributed by atoms with E-state index in [1.807, 2.05) is 37.4 Å². The fraction of sp³-hybridized carbons (Fsp3) is 0.227. The van der Waals surface area contributed by atoms with Gasteiger partial charge in [0, 0.05) is 11.6 Å². The number of rotatable bonds is 7. The molecule has 2 N–H and O–H groups in total. The smallest absolute Gasteiger partial charge is 0.293 e. The van der Waals surface area contributed by atoms with Crippen LogP contribution >= 0.6 is 0 Å². The molecule has 1 atom stereocenters. The Morgan fingerprint density at radius 1 is 1.14 bits per heavy atom. The molecule has 0 aliphatic rings. The standard InChI is InChI=1S/C22H23N3O4/c1-15-5-4-6-20(25(27)28)22(15)23-21(26)14-24(2)13-16-7-8-18-12-19(29-3)10-9-17(18)11-16/h4-12H,13-14H2,1-3H3,(H,23,26)/p+1. The number of hydrogen-bond donors (Lipinski definition) is 2. The molecule has 0 aliphatic heterocycles. The number of carbonyl (C=O) groups excluding carboxylic acids is 1. The zero-order chi connectivity index (χ0) is 21.0. The molecule has 3 aromatic rings. The summed E-state index contributed by atoms with van der Waals surface area (Å²) in [4.78, 5) is 24.2. The molecule has 7 nitrogen and oxygen atoms in total. The van der Waals surface area contributed by atoms with Crippen LogP contribution in [0.2, 0.25) is 0 Å². The number of quaternary nitrogens is 1. The highest BCUT2D eigenvalue weighted by atomic mass is 16.6. The fourth-order valence-electron chi connectivity index (χ4n) is 3.35. The number of nitrogens with one attached hydrogen (secondary N) is 2. The zero-order valence-corrected chi connectivity index (χ0v) is 16.7. The Balaban J connectivity index is 1.66. The summed E-state index contributed by atoms with van der Waals surface area (Å²) in [5.74, 6) is 0.556. The molecule has 150 valence electrons. The van der Waals surface area contributed by atoms with Gasteiger partial charge in [-0.25, -0.2) is 0 Å². The first-order valence-corrected chi connectivity index (χ1v) is 9.29. The Morgan fingerprint density at radius 3 is 2.59 bits per heavy atom. The van der Waals surface area contributed by atoms with Gasteiger partial charge in [0.25, 0.3) is 11.6 Å². The van der Waals surface area contributed by atoms with E-state index in [1.165, 1.54) is 6.07 Å². The molecule has 0 heterocycles. The van der Waals surface area contributed by atoms with Crippen molar-refractivity contribution in [2.24, 2.45) is 0 Å². The third-order valence-electron chi connectivity index (χ3n) is 4.79. The van der Waals surface area contributed by atoms with E-state index in [0.717, 1.165) is 27.0 Å². The second-order valence-electron chi connectivity index (χ2n) is 7.13. The van der Waals surface area contributed by atoms with Gasteiger partial charge < -0.3 is 15.0 Å². The predicted octanol–water partition coefficient (Wildman–Crippen LogP) is 2.72. The number of carbonyl (C=O) groups is 1. The molecule has 1 amide bonds. The predicted molar refractivity (Wildman–Crippen MR) is 112 cm³/mol. The van der Waals surface area contributed by atoms with Crippen LogP contribution in [0.5, 0.6) is 5.75 Å². The molecular formula is C22H24N3O4+. The van der Waals surface area contributed by atoms with E-state index in [-0.39, 0.29) is 23.8 Å². The summed E-state index contributed by atoms with van der Waals surface area (Å²) in [5.41, 5.74) is 1.93. The largest absolute Gasteiger partial charge is 0.497 e. The van der Waals surface area contributed by atoms with Crippen molar-refractivity contribution < 1.29 is 19.4 Å². The maximum atomic E-state index is 12.5. The third kappa shape index (κ3) is 4.89. The lowest BCUT2D eigenvalue weighted by atomic mass is 10.1. The van der Waals surface area contributed by atoms with Crippen molar-refractivity contribution >= 4 is 28.1 Å². The summed E-state index contributed by atoms with van der Waals surface area (Å²) >= 11 is 0. The lowest BCUT2D eigenvalue weighted by Crippen LogP contribution is -3.08. The molecule has 29 heavy (non-hydrogen) atoms. The van der Waals surface area contributed by atoms with Gasteiger partial charge in [0.2, 0.25) is 0 Å². The lowest BCUT2D eigenvalue weighted by molar-refractivity contribution is -0.885. The summed E-state index contributed by atoms with van der Waals surface area (Å²) in [6.07, 6.45) is 0. The van der Waals surface area contributed by atoms with Gasteiger partial charge in [0.05, 0.1) is 19.1 Å². The third-order valence-corrected chi connectivity index (χ3v) is 4.79. The first-order chi connectivity index (χ1) is 13.9. The summed E-state index contributed by atoms with van der Waals surface area (Å²) in [5, 5.41) is 16.1. The molecule has 0 aliphatic carbocycles. The van der Waals surface area contributed by atoms with E-state index in [2.05, 4.69) is 11.4 Å². The van der Waals surface area contributed by atoms with E-state index in [1.54, 1.807) is 26.2 Å². The normalized spacial score (nSPS) is 11.8. The van der Waals surface area contributed by atoms with Crippen molar-refractivity contribution in [2.75, 3.05) is 26.0 Å². The van der Waals surface area contributed by atoms with Crippen molar-refractivity contribution in [2.45, 2.75) is 13.5 Å². The van der Waals surface area contributed by atoms with Crippen molar-refractivity contribution in [1.29, 1.82) is 0 Å². The molecule has 0 fully saturated rings. The van der Waals surface area contributed by atoms with Crippen molar-refractivity contribution in [3.05, 3.63) is 75.8 Å². The number of para-hydroxylation sites is 1. The number of fused-ring (bicyclic) bond motifs is 1. The minimum absolute atomic E-state index is 0.0963. The molecule has 0 radical (unpaired) electrons. The number of amides is 1. The molecule has 7 heteroatoms. The number of likely N-dealkylation sites (N-methyl/N-ethyl adjacent to an activating group) is 1. The van der Waals surface area contributed by atoms with Crippen molar-refractivity contribution in [3.63, 3.8) is 0 Å². The highest BCUT2D eigenvalue weighted by Gasteiger charge is 2.19. The summed E-state index contributed by atoms with van der Waals surface area (Å²) in [6, 6.07) is 16.8. The van der Waals surface area contributed by atoms with Gasteiger partial charge in [-0.15, -0.1) is 0 Å². The molecule has 0 saturated heterocycles. The minimum Gasteiger partial charge on any atom is -0.497 e. The van der Waals surface area contributed by atoms with Crippen LogP contribution in [0.4, 0.5) is 11.4 Å². The monoisotopic (exact) mass is 394 g/mol. The summed E-state index contributed by atoms with van der Waals surface area (Å²) < 4.78 is 5.25. The Hall–Kier alpha value is -3.45. The Morgan fingerprint density at radius 2 is 1.86 bits per heavy atom. The highest BCUT2D eigenvalue weighted by Crippen LogP contribution is 2.27. The van der Waals surface area contributed by atoms with Crippen LogP contribution in [0.1, 0.15) is 11.1 Å². The van der Waals surface area contributed by atoms with Crippen LogP contribution < -0.4 is 15.0 Å². The van der Waals surface area contributed by atoms with Gasteiger partial charge in [-0.2, -0.15) is 0 Å². The number of aryl methyl sites for hydroxylation is 1. The zero-order valence-electron chi connectivity index (χ0n) is 16.7. The lowest BCUT2D eigenvalue weighted by Gasteiger charge is -2.15. The van der Waals surface area contributed by atoms with Crippen LogP contribution in [0, 0.1) is 17.0 Å². The summed E-state index contributed by atoms with van der Waals surface area (Å²) in [7, 11) is 3.56. The van der Waals surface area contributed by atoms with Gasteiger partial charge in [0.1, 0.15) is 18.0 Å². The number of benzene rings is 3.